The van der Waals surface area contributed by atoms with Crippen LogP contribution in [-0.2, 0) is 9.53 Å². The van der Waals surface area contributed by atoms with Crippen LogP contribution in [0.5, 0.6) is 0 Å². The summed E-state index contributed by atoms with van der Waals surface area (Å²) in [5, 5.41) is 8.86. The van der Waals surface area contributed by atoms with Gasteiger partial charge in [-0.3, -0.25) is 0 Å². The number of ether oxygens (including phenoxy) is 1. The number of carbonyl (C=O) groups is 2. The van der Waals surface area contributed by atoms with Gasteiger partial charge in [0.05, 0.1) is 5.56 Å². The van der Waals surface area contributed by atoms with Gasteiger partial charge in [-0.15, -0.1) is 0 Å². The van der Waals surface area contributed by atoms with Crippen molar-refractivity contribution in [3.63, 3.8) is 0 Å². The fourth-order valence-corrected chi connectivity index (χ4v) is 1.44. The van der Waals surface area contributed by atoms with Crippen LogP contribution in [0.3, 0.4) is 0 Å². The number of carboxylic acid groups (broad SMARTS) is 1. The molecule has 0 atom stereocenters. The maximum atomic E-state index is 11.4. The third-order valence-electron chi connectivity index (χ3n) is 2.43. The first kappa shape index (κ1) is 11.3. The van der Waals surface area contributed by atoms with Crippen molar-refractivity contribution in [1.29, 1.82) is 0 Å². The molecule has 0 bridgehead atoms. The Labute approximate surface area is 97.7 Å². The number of aromatic carboxylic acids is 1. The second kappa shape index (κ2) is 3.69. The van der Waals surface area contributed by atoms with Gasteiger partial charge in [0, 0.05) is 5.56 Å². The summed E-state index contributed by atoms with van der Waals surface area (Å²) in [5.41, 5.74) is -0.288. The Morgan fingerprint density at radius 2 is 2.12 bits per heavy atom. The van der Waals surface area contributed by atoms with E-state index in [4.69, 9.17) is 9.84 Å². The monoisotopic (exact) mass is 233 g/mol. The molecule has 0 radical (unpaired) electrons. The van der Waals surface area contributed by atoms with Crippen molar-refractivity contribution < 1.29 is 19.4 Å². The molecule has 0 spiro atoms. The number of carbonyl (C=O) groups excluding carboxylic acids is 1. The summed E-state index contributed by atoms with van der Waals surface area (Å²) in [6, 6.07) is 6.13. The number of hydrogen-bond acceptors (Lipinski definition) is 4. The Hall–Kier alpha value is -2.17. The van der Waals surface area contributed by atoms with Crippen molar-refractivity contribution in [2.24, 2.45) is 4.99 Å². The molecule has 5 heteroatoms. The van der Waals surface area contributed by atoms with Crippen LogP contribution in [-0.4, -0.2) is 28.5 Å². The van der Waals surface area contributed by atoms with Crippen molar-refractivity contribution >= 4 is 17.8 Å². The average molecular weight is 233 g/mol. The number of aliphatic imine (C=N–C) groups is 1. The van der Waals surface area contributed by atoms with E-state index < -0.39 is 17.5 Å². The molecule has 88 valence electrons. The van der Waals surface area contributed by atoms with Crippen LogP contribution >= 0.6 is 0 Å². The van der Waals surface area contributed by atoms with Gasteiger partial charge in [0.15, 0.2) is 5.54 Å². The van der Waals surface area contributed by atoms with E-state index in [1.807, 2.05) is 0 Å². The number of benzene rings is 1. The molecule has 2 rings (SSSR count). The molecular formula is C12H11NO4. The molecule has 1 aliphatic heterocycles. The quantitative estimate of drug-likeness (QED) is 0.785. The average Bonchev–Trinajstić information content (AvgIpc) is 2.54. The van der Waals surface area contributed by atoms with E-state index in [0.717, 1.165) is 0 Å². The van der Waals surface area contributed by atoms with Gasteiger partial charge in [0.25, 0.3) is 0 Å². The summed E-state index contributed by atoms with van der Waals surface area (Å²) in [7, 11) is 0. The minimum atomic E-state index is -1.03. The van der Waals surface area contributed by atoms with Crippen LogP contribution in [0.2, 0.25) is 0 Å². The molecule has 1 aliphatic rings. The second-order valence-electron chi connectivity index (χ2n) is 4.25. The predicted octanol–water partition coefficient (Wildman–Crippen LogP) is 1.47. The molecule has 0 saturated heterocycles. The van der Waals surface area contributed by atoms with Gasteiger partial charge in [-0.25, -0.2) is 14.6 Å². The van der Waals surface area contributed by atoms with Crippen molar-refractivity contribution in [2.75, 3.05) is 0 Å². The lowest BCUT2D eigenvalue weighted by atomic mass is 10.1. The standard InChI is InChI=1S/C12H11NO4/c1-12(2)11(16)17-9(13-12)7-4-3-5-8(6-7)10(14)15/h3-6H,1-2H3,(H,14,15). The van der Waals surface area contributed by atoms with Crippen LogP contribution in [0.25, 0.3) is 0 Å². The third-order valence-corrected chi connectivity index (χ3v) is 2.43. The van der Waals surface area contributed by atoms with Gasteiger partial charge in [-0.1, -0.05) is 6.07 Å². The number of cyclic esters (lactones) is 1. The summed E-state index contributed by atoms with van der Waals surface area (Å²) in [5.74, 6) is -1.30. The highest BCUT2D eigenvalue weighted by Crippen LogP contribution is 2.22. The van der Waals surface area contributed by atoms with Gasteiger partial charge in [0.2, 0.25) is 5.90 Å². The third kappa shape index (κ3) is 2.04. The Morgan fingerprint density at radius 1 is 1.41 bits per heavy atom. The van der Waals surface area contributed by atoms with Crippen LogP contribution in [0.4, 0.5) is 0 Å². The predicted molar refractivity (Wildman–Crippen MR) is 60.1 cm³/mol. The van der Waals surface area contributed by atoms with E-state index in [-0.39, 0.29) is 11.5 Å². The molecule has 0 saturated carbocycles. The van der Waals surface area contributed by atoms with Crippen LogP contribution in [0, 0.1) is 0 Å². The highest BCUT2D eigenvalue weighted by atomic mass is 16.6. The topological polar surface area (TPSA) is 76.0 Å². The maximum Gasteiger partial charge on any atom is 0.340 e. The molecule has 17 heavy (non-hydrogen) atoms. The molecular weight excluding hydrogens is 222 g/mol. The first-order chi connectivity index (χ1) is 7.90. The van der Waals surface area contributed by atoms with E-state index >= 15 is 0 Å². The maximum absolute atomic E-state index is 11.4. The Morgan fingerprint density at radius 3 is 2.65 bits per heavy atom. The smallest absolute Gasteiger partial charge is 0.340 e. The molecule has 0 unspecified atom stereocenters. The molecule has 0 aliphatic carbocycles. The zero-order chi connectivity index (χ0) is 12.6. The summed E-state index contributed by atoms with van der Waals surface area (Å²) in [6.45, 7) is 3.28. The number of carboxylic acids is 1. The first-order valence-electron chi connectivity index (χ1n) is 5.06. The molecule has 1 aromatic rings. The molecule has 0 fully saturated rings. The second-order valence-corrected chi connectivity index (χ2v) is 4.25. The fraction of sp³-hybridized carbons (Fsp3) is 0.250. The molecule has 5 nitrogen and oxygen atoms in total. The van der Waals surface area contributed by atoms with Crippen LogP contribution in [0.15, 0.2) is 29.3 Å². The van der Waals surface area contributed by atoms with Crippen molar-refractivity contribution in [3.8, 4) is 0 Å². The summed E-state index contributed by atoms with van der Waals surface area (Å²) in [4.78, 5) is 26.4. The summed E-state index contributed by atoms with van der Waals surface area (Å²) < 4.78 is 5.02. The van der Waals surface area contributed by atoms with Gasteiger partial charge in [0.1, 0.15) is 0 Å². The van der Waals surface area contributed by atoms with Crippen molar-refractivity contribution in [3.05, 3.63) is 35.4 Å². The zero-order valence-corrected chi connectivity index (χ0v) is 9.43. The Balaban J connectivity index is 2.40. The molecule has 0 aromatic heterocycles. The van der Waals surface area contributed by atoms with Crippen molar-refractivity contribution in [1.82, 2.24) is 0 Å². The zero-order valence-electron chi connectivity index (χ0n) is 9.43. The van der Waals surface area contributed by atoms with E-state index in [9.17, 15) is 9.59 Å². The lowest BCUT2D eigenvalue weighted by molar-refractivity contribution is -0.137. The minimum Gasteiger partial charge on any atom is -0.478 e. The van der Waals surface area contributed by atoms with E-state index in [0.29, 0.717) is 5.56 Å². The van der Waals surface area contributed by atoms with Gasteiger partial charge >= 0.3 is 11.9 Å². The summed E-state index contributed by atoms with van der Waals surface area (Å²) >= 11 is 0. The number of rotatable bonds is 2. The molecule has 1 aromatic carbocycles. The van der Waals surface area contributed by atoms with Gasteiger partial charge in [-0.2, -0.15) is 0 Å². The first-order valence-corrected chi connectivity index (χ1v) is 5.06. The Kier molecular flexibility index (Phi) is 2.46. The molecule has 0 amide bonds. The van der Waals surface area contributed by atoms with Crippen LogP contribution in [0.1, 0.15) is 29.8 Å². The summed E-state index contributed by atoms with van der Waals surface area (Å²) in [6.07, 6.45) is 0. The highest BCUT2D eigenvalue weighted by molar-refractivity contribution is 6.08. The largest absolute Gasteiger partial charge is 0.478 e. The molecule has 1 N–H and O–H groups in total. The number of esters is 1. The number of hydrogen-bond donors (Lipinski definition) is 1. The lowest BCUT2D eigenvalue weighted by Crippen LogP contribution is -2.25. The van der Waals surface area contributed by atoms with E-state index in [1.165, 1.54) is 12.1 Å². The minimum absolute atomic E-state index is 0.131. The van der Waals surface area contributed by atoms with Crippen molar-refractivity contribution in [2.45, 2.75) is 19.4 Å². The lowest BCUT2D eigenvalue weighted by Gasteiger charge is -2.05. The molecule has 1 heterocycles. The SMILES string of the molecule is CC1(C)N=C(c2cccc(C(=O)O)c2)OC1=O. The van der Waals surface area contributed by atoms with E-state index in [1.54, 1.807) is 26.0 Å². The Bertz CT molecular complexity index is 531. The van der Waals surface area contributed by atoms with Gasteiger partial charge in [-0.05, 0) is 32.0 Å². The van der Waals surface area contributed by atoms with Gasteiger partial charge < -0.3 is 9.84 Å². The fourth-order valence-electron chi connectivity index (χ4n) is 1.44. The highest BCUT2D eigenvalue weighted by Gasteiger charge is 2.37. The van der Waals surface area contributed by atoms with Crippen LogP contribution < -0.4 is 0 Å². The van der Waals surface area contributed by atoms with E-state index in [2.05, 4.69) is 4.99 Å². The normalized spacial score (nSPS) is 17.5. The number of nitrogens with zero attached hydrogens (tertiary/aromatic N) is 1.